The van der Waals surface area contributed by atoms with Gasteiger partial charge in [-0.15, -0.1) is 10.2 Å². The van der Waals surface area contributed by atoms with Crippen LogP contribution in [0.15, 0.2) is 4.34 Å². The van der Waals surface area contributed by atoms with Crippen molar-refractivity contribution in [3.63, 3.8) is 0 Å². The summed E-state index contributed by atoms with van der Waals surface area (Å²) in [6.07, 6.45) is 1.23. The van der Waals surface area contributed by atoms with E-state index in [1.807, 2.05) is 0 Å². The van der Waals surface area contributed by atoms with Crippen molar-refractivity contribution >= 4 is 44.2 Å². The number of carbonyl (C=O) groups excluding carboxylic acids is 1. The lowest BCUT2D eigenvalue weighted by Crippen LogP contribution is -2.27. The van der Waals surface area contributed by atoms with Gasteiger partial charge in [0.1, 0.15) is 0 Å². The number of amides is 1. The molecule has 1 aromatic heterocycles. The van der Waals surface area contributed by atoms with E-state index in [0.29, 0.717) is 11.7 Å². The Morgan fingerprint density at radius 2 is 2.25 bits per heavy atom. The van der Waals surface area contributed by atoms with Gasteiger partial charge >= 0.3 is 0 Å². The lowest BCUT2D eigenvalue weighted by molar-refractivity contribution is -0.117. The Bertz CT molecular complexity index is 586. The Morgan fingerprint density at radius 1 is 1.50 bits per heavy atom. The molecule has 0 aromatic carbocycles. The SMILES string of the molecule is CCCSc1nnc(N2CC(CS(N)(=O)=O)CC2=O)s1. The number of sulfonamides is 1. The first-order valence-corrected chi connectivity index (χ1v) is 9.68. The first-order chi connectivity index (χ1) is 9.39. The summed E-state index contributed by atoms with van der Waals surface area (Å²) < 4.78 is 23.0. The van der Waals surface area contributed by atoms with Gasteiger partial charge in [-0.2, -0.15) is 0 Å². The van der Waals surface area contributed by atoms with Crippen molar-refractivity contribution in [2.24, 2.45) is 11.1 Å². The Balaban J connectivity index is 2.02. The summed E-state index contributed by atoms with van der Waals surface area (Å²) in [7, 11) is -3.56. The summed E-state index contributed by atoms with van der Waals surface area (Å²) in [4.78, 5) is 13.4. The fraction of sp³-hybridized carbons (Fsp3) is 0.700. The summed E-state index contributed by atoms with van der Waals surface area (Å²) in [5.41, 5.74) is 0. The first kappa shape index (κ1) is 15.7. The molecule has 0 aliphatic carbocycles. The highest BCUT2D eigenvalue weighted by molar-refractivity contribution is 8.01. The fourth-order valence-electron chi connectivity index (χ4n) is 1.97. The molecule has 1 aliphatic heterocycles. The van der Waals surface area contributed by atoms with E-state index in [2.05, 4.69) is 17.1 Å². The maximum atomic E-state index is 11.9. The maximum absolute atomic E-state index is 11.9. The zero-order valence-corrected chi connectivity index (χ0v) is 13.4. The minimum absolute atomic E-state index is 0.123. The van der Waals surface area contributed by atoms with E-state index in [4.69, 9.17) is 5.14 Å². The summed E-state index contributed by atoms with van der Waals surface area (Å²) in [5.74, 6) is 0.386. The molecule has 112 valence electrons. The standard InChI is InChI=1S/C10H16N4O3S3/c1-2-3-18-10-13-12-9(19-10)14-5-7(4-8(14)15)6-20(11,16)17/h7H,2-6H2,1H3,(H2,11,16,17). The quantitative estimate of drug-likeness (QED) is 0.605. The number of primary sulfonamides is 1. The zero-order valence-electron chi connectivity index (χ0n) is 11.0. The van der Waals surface area contributed by atoms with Crippen LogP contribution in [-0.2, 0) is 14.8 Å². The van der Waals surface area contributed by atoms with Crippen LogP contribution in [0.1, 0.15) is 19.8 Å². The molecule has 1 unspecified atom stereocenters. The lowest BCUT2D eigenvalue weighted by atomic mass is 10.1. The van der Waals surface area contributed by atoms with Gasteiger partial charge in [-0.25, -0.2) is 13.6 Å². The second-order valence-electron chi connectivity index (χ2n) is 4.60. The van der Waals surface area contributed by atoms with Gasteiger partial charge in [0.05, 0.1) is 5.75 Å². The highest BCUT2D eigenvalue weighted by Gasteiger charge is 2.34. The average molecular weight is 336 g/mol. The summed E-state index contributed by atoms with van der Waals surface area (Å²) >= 11 is 2.96. The molecule has 1 atom stereocenters. The molecule has 1 aromatic rings. The molecule has 1 aliphatic rings. The molecule has 1 saturated heterocycles. The highest BCUT2D eigenvalue weighted by Crippen LogP contribution is 2.32. The van der Waals surface area contributed by atoms with Gasteiger partial charge in [0.25, 0.3) is 0 Å². The topological polar surface area (TPSA) is 106 Å². The van der Waals surface area contributed by atoms with Crippen LogP contribution in [0, 0.1) is 5.92 Å². The number of anilines is 1. The number of hydrogen-bond donors (Lipinski definition) is 1. The Hall–Kier alpha value is -0.710. The Kier molecular flexibility index (Phi) is 4.99. The number of hydrogen-bond acceptors (Lipinski definition) is 7. The zero-order chi connectivity index (χ0) is 14.8. The molecular formula is C10H16N4O3S3. The van der Waals surface area contributed by atoms with Crippen molar-refractivity contribution in [3.8, 4) is 0 Å². The third-order valence-corrected chi connectivity index (χ3v) is 5.95. The predicted octanol–water partition coefficient (Wildman–Crippen LogP) is 0.682. The molecular weight excluding hydrogens is 320 g/mol. The summed E-state index contributed by atoms with van der Waals surface area (Å²) in [6.45, 7) is 2.42. The fourth-order valence-corrected chi connectivity index (χ4v) is 4.64. The third-order valence-electron chi connectivity index (χ3n) is 2.73. The second kappa shape index (κ2) is 6.37. The van der Waals surface area contributed by atoms with Crippen LogP contribution in [0.4, 0.5) is 5.13 Å². The molecule has 2 N–H and O–H groups in total. The van der Waals surface area contributed by atoms with Crippen LogP contribution in [-0.4, -0.2) is 42.6 Å². The number of aromatic nitrogens is 2. The van der Waals surface area contributed by atoms with Crippen molar-refractivity contribution in [1.82, 2.24) is 10.2 Å². The van der Waals surface area contributed by atoms with Crippen LogP contribution >= 0.6 is 23.1 Å². The molecule has 2 heterocycles. The van der Waals surface area contributed by atoms with Gasteiger partial charge in [-0.1, -0.05) is 30.0 Å². The van der Waals surface area contributed by atoms with E-state index in [-0.39, 0.29) is 24.0 Å². The normalized spacial score (nSPS) is 19.8. The van der Waals surface area contributed by atoms with Crippen LogP contribution < -0.4 is 10.0 Å². The molecule has 0 bridgehead atoms. The van der Waals surface area contributed by atoms with E-state index >= 15 is 0 Å². The molecule has 0 spiro atoms. The maximum Gasteiger partial charge on any atom is 0.229 e. The average Bonchev–Trinajstić information content (AvgIpc) is 2.91. The minimum Gasteiger partial charge on any atom is -0.286 e. The lowest BCUT2D eigenvalue weighted by Gasteiger charge is -2.11. The molecule has 10 heteroatoms. The summed E-state index contributed by atoms with van der Waals surface area (Å²) in [6, 6.07) is 0. The van der Waals surface area contributed by atoms with Crippen LogP contribution in [0.25, 0.3) is 0 Å². The van der Waals surface area contributed by atoms with E-state index in [1.165, 1.54) is 16.2 Å². The van der Waals surface area contributed by atoms with Crippen molar-refractivity contribution in [2.45, 2.75) is 24.1 Å². The highest BCUT2D eigenvalue weighted by atomic mass is 32.2. The molecule has 7 nitrogen and oxygen atoms in total. The van der Waals surface area contributed by atoms with Crippen molar-refractivity contribution in [3.05, 3.63) is 0 Å². The number of nitrogens with zero attached hydrogens (tertiary/aromatic N) is 3. The third kappa shape index (κ3) is 4.14. The van der Waals surface area contributed by atoms with Crippen molar-refractivity contribution < 1.29 is 13.2 Å². The van der Waals surface area contributed by atoms with Crippen LogP contribution in [0.3, 0.4) is 0 Å². The predicted molar refractivity (Wildman–Crippen MR) is 79.4 cm³/mol. The molecule has 1 fully saturated rings. The Labute approximate surface area is 126 Å². The first-order valence-electron chi connectivity index (χ1n) is 6.16. The van der Waals surface area contributed by atoms with Crippen molar-refractivity contribution in [1.29, 1.82) is 0 Å². The summed E-state index contributed by atoms with van der Waals surface area (Å²) in [5, 5.41) is 13.6. The van der Waals surface area contributed by atoms with Crippen molar-refractivity contribution in [2.75, 3.05) is 23.0 Å². The minimum atomic E-state index is -3.56. The Morgan fingerprint density at radius 3 is 2.90 bits per heavy atom. The number of nitrogens with two attached hydrogens (primary N) is 1. The number of thioether (sulfide) groups is 1. The van der Waals surface area contributed by atoms with Crippen LogP contribution in [0.2, 0.25) is 0 Å². The van der Waals surface area contributed by atoms with Gasteiger partial charge in [0, 0.05) is 24.6 Å². The number of rotatable bonds is 6. The molecule has 20 heavy (non-hydrogen) atoms. The smallest absolute Gasteiger partial charge is 0.229 e. The van der Waals surface area contributed by atoms with Gasteiger partial charge in [-0.3, -0.25) is 9.69 Å². The number of carbonyl (C=O) groups is 1. The van der Waals surface area contributed by atoms with E-state index in [0.717, 1.165) is 16.5 Å². The van der Waals surface area contributed by atoms with Gasteiger partial charge in [0.15, 0.2) is 4.34 Å². The largest absolute Gasteiger partial charge is 0.286 e. The molecule has 0 radical (unpaired) electrons. The van der Waals surface area contributed by atoms with Gasteiger partial charge in [0.2, 0.25) is 21.1 Å². The monoisotopic (exact) mass is 336 g/mol. The van der Waals surface area contributed by atoms with Crippen LogP contribution in [0.5, 0.6) is 0 Å². The molecule has 1 amide bonds. The van der Waals surface area contributed by atoms with Gasteiger partial charge in [-0.05, 0) is 6.42 Å². The molecule has 2 rings (SSSR count). The van der Waals surface area contributed by atoms with E-state index < -0.39 is 10.0 Å². The van der Waals surface area contributed by atoms with E-state index in [1.54, 1.807) is 11.8 Å². The molecule has 0 saturated carbocycles. The van der Waals surface area contributed by atoms with E-state index in [9.17, 15) is 13.2 Å². The van der Waals surface area contributed by atoms with Gasteiger partial charge < -0.3 is 0 Å². The second-order valence-corrected chi connectivity index (χ2v) is 8.56.